The largest absolute Gasteiger partial charge is 0.486 e. The van der Waals surface area contributed by atoms with Gasteiger partial charge in [0, 0.05) is 31.7 Å². The Labute approximate surface area is 129 Å². The quantitative estimate of drug-likeness (QED) is 0.890. The number of benzene rings is 1. The Morgan fingerprint density at radius 3 is 2.91 bits per heavy atom. The Balaban J connectivity index is 1.61. The monoisotopic (exact) mass is 297 g/mol. The number of carbonyl (C=O) groups is 1. The van der Waals surface area contributed by atoms with E-state index in [1.54, 1.807) is 6.20 Å². The predicted octanol–water partition coefficient (Wildman–Crippen LogP) is 2.09. The van der Waals surface area contributed by atoms with Crippen molar-refractivity contribution in [2.45, 2.75) is 31.3 Å². The third-order valence-electron chi connectivity index (χ3n) is 4.59. The number of rotatable bonds is 2. The molecule has 0 radical (unpaired) electrons. The van der Waals surface area contributed by atoms with Gasteiger partial charge in [-0.15, -0.1) is 0 Å². The fraction of sp³-hybridized carbons (Fsp3) is 0.412. The third kappa shape index (κ3) is 2.41. The third-order valence-corrected chi connectivity index (χ3v) is 4.59. The Hall–Kier alpha value is -2.14. The number of hydrogen-bond acceptors (Lipinski definition) is 4. The van der Waals surface area contributed by atoms with E-state index in [0.29, 0.717) is 18.4 Å². The number of Topliss-reactive ketones (excluding diaryl/α,β-unsaturated/α-hetero) is 1. The lowest BCUT2D eigenvalue weighted by Crippen LogP contribution is -2.49. The molecule has 1 fully saturated rings. The number of aromatic nitrogens is 2. The van der Waals surface area contributed by atoms with Crippen LogP contribution in [0.3, 0.4) is 0 Å². The molecule has 2 aliphatic heterocycles. The number of fused-ring (bicyclic) bond motifs is 1. The number of nitrogens with one attached hydrogen (secondary N) is 2. The maximum absolute atomic E-state index is 12.6. The molecule has 1 spiro atoms. The lowest BCUT2D eigenvalue weighted by molar-refractivity contribution is 0.0187. The Morgan fingerprint density at radius 1 is 1.27 bits per heavy atom. The molecule has 2 aromatic rings. The smallest absolute Gasteiger partial charge is 0.170 e. The van der Waals surface area contributed by atoms with E-state index in [0.717, 1.165) is 43.1 Å². The van der Waals surface area contributed by atoms with Gasteiger partial charge in [-0.25, -0.2) is 4.98 Å². The summed E-state index contributed by atoms with van der Waals surface area (Å²) >= 11 is 0. The first-order valence-corrected chi connectivity index (χ1v) is 7.78. The molecular weight excluding hydrogens is 278 g/mol. The molecule has 2 N–H and O–H groups in total. The molecule has 0 amide bonds. The molecule has 5 nitrogen and oxygen atoms in total. The van der Waals surface area contributed by atoms with Crippen molar-refractivity contribution >= 4 is 5.78 Å². The van der Waals surface area contributed by atoms with Crippen LogP contribution >= 0.6 is 0 Å². The van der Waals surface area contributed by atoms with Gasteiger partial charge in [-0.3, -0.25) is 4.79 Å². The summed E-state index contributed by atoms with van der Waals surface area (Å²) in [5.74, 6) is 1.84. The van der Waals surface area contributed by atoms with Crippen LogP contribution in [0.5, 0.6) is 5.75 Å². The van der Waals surface area contributed by atoms with Crippen LogP contribution in [0.4, 0.5) is 0 Å². The van der Waals surface area contributed by atoms with E-state index in [1.165, 1.54) is 0 Å². The van der Waals surface area contributed by atoms with E-state index < -0.39 is 0 Å². The van der Waals surface area contributed by atoms with Crippen molar-refractivity contribution in [1.82, 2.24) is 15.3 Å². The average molecular weight is 297 g/mol. The maximum Gasteiger partial charge on any atom is 0.170 e. The first-order chi connectivity index (χ1) is 10.7. The summed E-state index contributed by atoms with van der Waals surface area (Å²) in [5, 5.41) is 3.33. The van der Waals surface area contributed by atoms with E-state index in [1.807, 2.05) is 24.4 Å². The van der Waals surface area contributed by atoms with Gasteiger partial charge in [-0.1, -0.05) is 6.07 Å². The van der Waals surface area contributed by atoms with Gasteiger partial charge in [-0.05, 0) is 30.8 Å². The van der Waals surface area contributed by atoms with Crippen LogP contribution in [0.25, 0.3) is 0 Å². The number of H-pyrrole nitrogens is 1. The van der Waals surface area contributed by atoms with Crippen LogP contribution in [-0.2, 0) is 6.42 Å². The molecule has 0 aliphatic carbocycles. The highest BCUT2D eigenvalue weighted by atomic mass is 16.5. The summed E-state index contributed by atoms with van der Waals surface area (Å²) in [7, 11) is 0. The second-order valence-corrected chi connectivity index (χ2v) is 6.18. The molecule has 3 heterocycles. The fourth-order valence-corrected chi connectivity index (χ4v) is 3.40. The van der Waals surface area contributed by atoms with E-state index >= 15 is 0 Å². The number of aromatic amines is 1. The lowest BCUT2D eigenvalue weighted by atomic mass is 9.82. The minimum absolute atomic E-state index is 0.199. The Kier molecular flexibility index (Phi) is 3.22. The summed E-state index contributed by atoms with van der Waals surface area (Å²) in [4.78, 5) is 19.9. The number of imidazole rings is 1. The lowest BCUT2D eigenvalue weighted by Gasteiger charge is -2.41. The molecule has 5 heteroatoms. The zero-order valence-corrected chi connectivity index (χ0v) is 12.4. The molecule has 1 saturated heterocycles. The maximum atomic E-state index is 12.6. The topological polar surface area (TPSA) is 67.0 Å². The second-order valence-electron chi connectivity index (χ2n) is 6.18. The zero-order valence-electron chi connectivity index (χ0n) is 12.4. The number of carbonyl (C=O) groups excluding carboxylic acids is 1. The van der Waals surface area contributed by atoms with Crippen molar-refractivity contribution in [3.8, 4) is 5.75 Å². The van der Waals surface area contributed by atoms with E-state index in [9.17, 15) is 4.79 Å². The molecule has 114 valence electrons. The Bertz CT molecular complexity index is 688. The summed E-state index contributed by atoms with van der Waals surface area (Å²) in [5.41, 5.74) is 1.50. The number of ketones is 1. The van der Waals surface area contributed by atoms with Gasteiger partial charge in [0.2, 0.25) is 0 Å². The highest BCUT2D eigenvalue weighted by molar-refractivity contribution is 6.00. The van der Waals surface area contributed by atoms with Crippen molar-refractivity contribution < 1.29 is 9.53 Å². The molecule has 0 unspecified atom stereocenters. The minimum Gasteiger partial charge on any atom is -0.486 e. The van der Waals surface area contributed by atoms with Crippen molar-refractivity contribution in [1.29, 1.82) is 0 Å². The first kappa shape index (κ1) is 13.5. The van der Waals surface area contributed by atoms with Crippen LogP contribution < -0.4 is 10.1 Å². The minimum atomic E-state index is -0.294. The van der Waals surface area contributed by atoms with Gasteiger partial charge in [-0.2, -0.15) is 0 Å². The van der Waals surface area contributed by atoms with Gasteiger partial charge in [0.15, 0.2) is 5.78 Å². The van der Waals surface area contributed by atoms with E-state index in [2.05, 4.69) is 15.3 Å². The van der Waals surface area contributed by atoms with Crippen molar-refractivity contribution in [2.75, 3.05) is 13.1 Å². The molecular formula is C17H19N3O2. The SMILES string of the molecule is O=C1CC2(CCNCC2)Oc2ccc(Cc3ncc[nH]3)cc21. The zero-order chi connectivity index (χ0) is 15.0. The predicted molar refractivity (Wildman–Crippen MR) is 82.2 cm³/mol. The molecule has 0 saturated carbocycles. The summed E-state index contributed by atoms with van der Waals surface area (Å²) in [6, 6.07) is 5.91. The second kappa shape index (κ2) is 5.25. The highest BCUT2D eigenvalue weighted by Crippen LogP contribution is 2.38. The van der Waals surface area contributed by atoms with Crippen LogP contribution in [0.15, 0.2) is 30.6 Å². The molecule has 0 bridgehead atoms. The van der Waals surface area contributed by atoms with Crippen LogP contribution in [0.2, 0.25) is 0 Å². The van der Waals surface area contributed by atoms with Gasteiger partial charge in [0.1, 0.15) is 17.2 Å². The van der Waals surface area contributed by atoms with E-state index in [-0.39, 0.29) is 11.4 Å². The van der Waals surface area contributed by atoms with Gasteiger partial charge in [0.25, 0.3) is 0 Å². The summed E-state index contributed by atoms with van der Waals surface area (Å²) < 4.78 is 6.24. The summed E-state index contributed by atoms with van der Waals surface area (Å²) in [6.45, 7) is 1.83. The standard InChI is InChI=1S/C17H19N3O2/c21-14-11-17(3-5-18-6-4-17)22-15-2-1-12(9-13(14)15)10-16-19-7-8-20-16/h1-2,7-9,18H,3-6,10-11H2,(H,19,20). The molecule has 1 aromatic heterocycles. The fourth-order valence-electron chi connectivity index (χ4n) is 3.40. The van der Waals surface area contributed by atoms with Crippen molar-refractivity contribution in [2.24, 2.45) is 0 Å². The number of hydrogen-bond donors (Lipinski definition) is 2. The highest BCUT2D eigenvalue weighted by Gasteiger charge is 2.41. The van der Waals surface area contributed by atoms with Gasteiger partial charge in [0.05, 0.1) is 12.0 Å². The van der Waals surface area contributed by atoms with E-state index in [4.69, 9.17) is 4.74 Å². The van der Waals surface area contributed by atoms with Crippen LogP contribution in [0, 0.1) is 0 Å². The molecule has 1 aromatic carbocycles. The normalized spacial score (nSPS) is 19.7. The van der Waals surface area contributed by atoms with Gasteiger partial charge >= 0.3 is 0 Å². The van der Waals surface area contributed by atoms with Crippen LogP contribution in [0.1, 0.15) is 41.0 Å². The molecule has 4 rings (SSSR count). The first-order valence-electron chi connectivity index (χ1n) is 7.78. The number of piperidine rings is 1. The van der Waals surface area contributed by atoms with Crippen LogP contribution in [-0.4, -0.2) is 34.4 Å². The summed E-state index contributed by atoms with van der Waals surface area (Å²) in [6.07, 6.45) is 6.53. The average Bonchev–Trinajstić information content (AvgIpc) is 3.02. The van der Waals surface area contributed by atoms with Crippen molar-refractivity contribution in [3.63, 3.8) is 0 Å². The molecule has 2 aliphatic rings. The van der Waals surface area contributed by atoms with Gasteiger partial charge < -0.3 is 15.0 Å². The number of nitrogens with zero attached hydrogens (tertiary/aromatic N) is 1. The number of ether oxygens (including phenoxy) is 1. The van der Waals surface area contributed by atoms with Crippen molar-refractivity contribution in [3.05, 3.63) is 47.5 Å². The molecule has 0 atom stereocenters. The molecule has 22 heavy (non-hydrogen) atoms. The Morgan fingerprint density at radius 2 is 2.14 bits per heavy atom.